The van der Waals surface area contributed by atoms with Gasteiger partial charge >= 0.3 is 0 Å². The monoisotopic (exact) mass is 287 g/mol. The molecule has 4 nitrogen and oxygen atoms in total. The van der Waals surface area contributed by atoms with Gasteiger partial charge in [0.1, 0.15) is 6.10 Å². The van der Waals surface area contributed by atoms with Gasteiger partial charge in [-0.3, -0.25) is 8.96 Å². The molecule has 0 radical (unpaired) electrons. The fourth-order valence-electron chi connectivity index (χ4n) is 2.80. The van der Waals surface area contributed by atoms with Gasteiger partial charge < -0.3 is 4.74 Å². The first-order valence-electron chi connectivity index (χ1n) is 7.45. The van der Waals surface area contributed by atoms with Crippen molar-refractivity contribution in [2.24, 2.45) is 0 Å². The molecule has 2 aromatic rings. The summed E-state index contributed by atoms with van der Waals surface area (Å²) >= 11 is 0. The number of aromatic nitrogens is 2. The molecule has 2 heterocycles. The molecule has 0 spiro atoms. The maximum Gasteiger partial charge on any atom is 0.297 e. The van der Waals surface area contributed by atoms with Crippen LogP contribution < -0.4 is 4.74 Å². The van der Waals surface area contributed by atoms with Gasteiger partial charge in [0.15, 0.2) is 0 Å². The zero-order valence-electron chi connectivity index (χ0n) is 11.9. The predicted molar refractivity (Wildman–Crippen MR) is 77.9 cm³/mol. The summed E-state index contributed by atoms with van der Waals surface area (Å²) in [5.41, 5.74) is 2.44. The number of fused-ring (bicyclic) bond motifs is 3. The minimum atomic E-state index is -0.216. The summed E-state index contributed by atoms with van der Waals surface area (Å²) in [7, 11) is 0. The quantitative estimate of drug-likeness (QED) is 0.763. The van der Waals surface area contributed by atoms with Crippen LogP contribution in [0.4, 0.5) is 4.39 Å². The lowest BCUT2D eigenvalue weighted by Gasteiger charge is -2.08. The Balaban J connectivity index is 1.62. The van der Waals surface area contributed by atoms with E-state index in [1.165, 1.54) is 0 Å². The largest absolute Gasteiger partial charge is 0.459 e. The highest BCUT2D eigenvalue weighted by Gasteiger charge is 2.25. The summed E-state index contributed by atoms with van der Waals surface area (Å²) in [4.78, 5) is 4.45. The topological polar surface area (TPSA) is 50.8 Å². The van der Waals surface area contributed by atoms with E-state index in [0.29, 0.717) is 18.0 Å². The molecule has 0 N–H and O–H groups in total. The number of benzene rings is 1. The number of hydrogen-bond acceptors (Lipinski definition) is 3. The van der Waals surface area contributed by atoms with Gasteiger partial charge in [0.25, 0.3) is 6.01 Å². The van der Waals surface area contributed by atoms with Crippen molar-refractivity contribution >= 4 is 11.0 Å². The number of halogens is 1. The first-order valence-corrected chi connectivity index (χ1v) is 7.45. The molecule has 1 aromatic carbocycles. The molecule has 3 rings (SSSR count). The lowest BCUT2D eigenvalue weighted by Crippen LogP contribution is -2.14. The molecule has 1 aliphatic rings. The molecular formula is C16H18FN3O. The standard InChI is InChI=1S/C16H18FN3O/c17-8-4-2-1-3-5-13-11-20-15-7-6-12(10-18)9-14(15)19-16(20)21-13/h6-7,9,13H,1-5,8,11H2/t13-/m1/s1. The van der Waals surface area contributed by atoms with Gasteiger partial charge in [0.2, 0.25) is 0 Å². The Kier molecular flexibility index (Phi) is 4.05. The lowest BCUT2D eigenvalue weighted by atomic mass is 10.1. The molecule has 5 heteroatoms. The maximum atomic E-state index is 12.0. The van der Waals surface area contributed by atoms with E-state index in [-0.39, 0.29) is 12.8 Å². The first kappa shape index (κ1) is 13.9. The van der Waals surface area contributed by atoms with Crippen LogP contribution in [-0.2, 0) is 6.54 Å². The molecule has 1 aromatic heterocycles. The number of hydrogen-bond donors (Lipinski definition) is 0. The molecule has 1 aliphatic heterocycles. The Bertz CT molecular complexity index is 674. The second kappa shape index (κ2) is 6.13. The third kappa shape index (κ3) is 2.85. The molecule has 0 aliphatic carbocycles. The highest BCUT2D eigenvalue weighted by molar-refractivity contribution is 5.78. The van der Waals surface area contributed by atoms with Crippen molar-refractivity contribution in [1.82, 2.24) is 9.55 Å². The maximum absolute atomic E-state index is 12.0. The zero-order chi connectivity index (χ0) is 14.7. The minimum absolute atomic E-state index is 0.165. The van der Waals surface area contributed by atoms with E-state index < -0.39 is 0 Å². The van der Waals surface area contributed by atoms with Gasteiger partial charge in [-0.1, -0.05) is 12.8 Å². The first-order chi connectivity index (χ1) is 10.3. The number of alkyl halides is 1. The summed E-state index contributed by atoms with van der Waals surface area (Å²) in [6.07, 6.45) is 4.88. The van der Waals surface area contributed by atoms with Crippen LogP contribution in [0, 0.1) is 11.3 Å². The lowest BCUT2D eigenvalue weighted by molar-refractivity contribution is 0.209. The van der Waals surface area contributed by atoms with Crippen LogP contribution in [0.3, 0.4) is 0 Å². The van der Waals surface area contributed by atoms with Gasteiger partial charge in [0, 0.05) is 0 Å². The van der Waals surface area contributed by atoms with Gasteiger partial charge in [-0.25, -0.2) is 0 Å². The van der Waals surface area contributed by atoms with Gasteiger partial charge in [-0.05, 0) is 37.5 Å². The molecule has 21 heavy (non-hydrogen) atoms. The molecule has 110 valence electrons. The third-order valence-electron chi connectivity index (χ3n) is 3.91. The summed E-state index contributed by atoms with van der Waals surface area (Å²) in [5, 5.41) is 8.91. The molecule has 0 saturated carbocycles. The molecule has 1 atom stereocenters. The SMILES string of the molecule is N#Cc1ccc2c(c1)nc1n2C[C@@H](CCCCCCF)O1. The van der Waals surface area contributed by atoms with E-state index in [1.54, 1.807) is 6.07 Å². The molecule has 0 unspecified atom stereocenters. The molecule has 0 amide bonds. The highest BCUT2D eigenvalue weighted by Crippen LogP contribution is 2.29. The van der Waals surface area contributed by atoms with Gasteiger partial charge in [-0.15, -0.1) is 0 Å². The smallest absolute Gasteiger partial charge is 0.297 e. The fourth-order valence-corrected chi connectivity index (χ4v) is 2.80. The van der Waals surface area contributed by atoms with E-state index in [4.69, 9.17) is 10.00 Å². The average molecular weight is 287 g/mol. The van der Waals surface area contributed by atoms with Crippen molar-refractivity contribution in [3.63, 3.8) is 0 Å². The second-order valence-corrected chi connectivity index (χ2v) is 5.45. The van der Waals surface area contributed by atoms with Crippen LogP contribution >= 0.6 is 0 Å². The number of nitriles is 1. The molecular weight excluding hydrogens is 269 g/mol. The van der Waals surface area contributed by atoms with E-state index in [1.807, 2.05) is 12.1 Å². The van der Waals surface area contributed by atoms with Crippen LogP contribution in [0.1, 0.15) is 37.7 Å². The van der Waals surface area contributed by atoms with E-state index in [9.17, 15) is 4.39 Å². The number of nitrogens with zero attached hydrogens (tertiary/aromatic N) is 3. The Morgan fingerprint density at radius 3 is 3.00 bits per heavy atom. The Labute approximate surface area is 123 Å². The zero-order valence-corrected chi connectivity index (χ0v) is 11.9. The highest BCUT2D eigenvalue weighted by atomic mass is 19.1. The van der Waals surface area contributed by atoms with E-state index in [0.717, 1.165) is 43.3 Å². The van der Waals surface area contributed by atoms with E-state index >= 15 is 0 Å². The number of rotatable bonds is 6. The predicted octanol–water partition coefficient (Wildman–Crippen LogP) is 3.59. The van der Waals surface area contributed by atoms with Crippen molar-refractivity contribution in [1.29, 1.82) is 5.26 Å². The average Bonchev–Trinajstić information content (AvgIpc) is 3.03. The van der Waals surface area contributed by atoms with Crippen LogP contribution in [0.25, 0.3) is 11.0 Å². The Hall–Kier alpha value is -2.09. The fraction of sp³-hybridized carbons (Fsp3) is 0.500. The van der Waals surface area contributed by atoms with Crippen LogP contribution in [-0.4, -0.2) is 22.3 Å². The number of ether oxygens (including phenoxy) is 1. The normalized spacial score (nSPS) is 16.7. The molecule has 0 fully saturated rings. The van der Waals surface area contributed by atoms with Crippen molar-refractivity contribution in [2.45, 2.75) is 44.8 Å². The van der Waals surface area contributed by atoms with Crippen molar-refractivity contribution in [2.75, 3.05) is 6.67 Å². The van der Waals surface area contributed by atoms with Gasteiger partial charge in [-0.2, -0.15) is 10.2 Å². The van der Waals surface area contributed by atoms with Gasteiger partial charge in [0.05, 0.1) is 35.9 Å². The second-order valence-electron chi connectivity index (χ2n) is 5.45. The summed E-state index contributed by atoms with van der Waals surface area (Å²) < 4.78 is 19.9. The Morgan fingerprint density at radius 2 is 2.19 bits per heavy atom. The van der Waals surface area contributed by atoms with Crippen molar-refractivity contribution in [3.05, 3.63) is 23.8 Å². The Morgan fingerprint density at radius 1 is 1.33 bits per heavy atom. The van der Waals surface area contributed by atoms with Crippen LogP contribution in [0.2, 0.25) is 0 Å². The van der Waals surface area contributed by atoms with Crippen molar-refractivity contribution in [3.8, 4) is 12.1 Å². The van der Waals surface area contributed by atoms with Crippen LogP contribution in [0.5, 0.6) is 6.01 Å². The van der Waals surface area contributed by atoms with E-state index in [2.05, 4.69) is 15.6 Å². The van der Waals surface area contributed by atoms with Crippen LogP contribution in [0.15, 0.2) is 18.2 Å². The number of unbranched alkanes of at least 4 members (excludes halogenated alkanes) is 3. The summed E-state index contributed by atoms with van der Waals surface area (Å²) in [6.45, 7) is 0.590. The molecule has 0 saturated heterocycles. The van der Waals surface area contributed by atoms with Crippen molar-refractivity contribution < 1.29 is 9.13 Å². The summed E-state index contributed by atoms with van der Waals surface area (Å²) in [5.74, 6) is 0. The third-order valence-corrected chi connectivity index (χ3v) is 3.91. The number of imidazole rings is 1. The minimum Gasteiger partial charge on any atom is -0.459 e. The molecule has 0 bridgehead atoms. The summed E-state index contributed by atoms with van der Waals surface area (Å²) in [6, 6.07) is 8.29.